The van der Waals surface area contributed by atoms with Gasteiger partial charge in [-0.2, -0.15) is 4.98 Å². The highest BCUT2D eigenvalue weighted by Crippen LogP contribution is 2.31. The molecule has 6 nitrogen and oxygen atoms in total. The second-order valence-electron chi connectivity index (χ2n) is 5.33. The number of methoxy groups -OCH3 is 1. The van der Waals surface area contributed by atoms with Gasteiger partial charge < -0.3 is 9.26 Å². The summed E-state index contributed by atoms with van der Waals surface area (Å²) < 4.78 is 10.8. The Labute approximate surface area is 144 Å². The van der Waals surface area contributed by atoms with Gasteiger partial charge >= 0.3 is 0 Å². The van der Waals surface area contributed by atoms with E-state index in [1.807, 2.05) is 48.5 Å². The van der Waals surface area contributed by atoms with Gasteiger partial charge in [0.1, 0.15) is 11.4 Å². The van der Waals surface area contributed by atoms with E-state index >= 15 is 0 Å². The first kappa shape index (κ1) is 15.0. The molecule has 25 heavy (non-hydrogen) atoms. The van der Waals surface area contributed by atoms with Gasteiger partial charge in [0.25, 0.3) is 5.89 Å². The molecule has 0 bridgehead atoms. The summed E-state index contributed by atoms with van der Waals surface area (Å²) >= 11 is 0. The number of benzene rings is 1. The summed E-state index contributed by atoms with van der Waals surface area (Å²) in [6.45, 7) is 0. The van der Waals surface area contributed by atoms with Crippen LogP contribution in [0.4, 0.5) is 0 Å². The highest BCUT2D eigenvalue weighted by atomic mass is 16.5. The van der Waals surface area contributed by atoms with Gasteiger partial charge in [0, 0.05) is 29.7 Å². The van der Waals surface area contributed by atoms with Crippen LogP contribution in [-0.2, 0) is 0 Å². The summed E-state index contributed by atoms with van der Waals surface area (Å²) in [4.78, 5) is 12.8. The van der Waals surface area contributed by atoms with Crippen molar-refractivity contribution < 1.29 is 9.26 Å². The molecule has 0 saturated carbocycles. The number of hydrogen-bond acceptors (Lipinski definition) is 6. The maximum absolute atomic E-state index is 5.42. The van der Waals surface area contributed by atoms with Crippen molar-refractivity contribution in [2.75, 3.05) is 7.11 Å². The molecule has 4 aromatic rings. The molecule has 0 aliphatic carbocycles. The zero-order valence-electron chi connectivity index (χ0n) is 13.5. The normalized spacial score (nSPS) is 10.6. The summed E-state index contributed by atoms with van der Waals surface area (Å²) in [5.41, 5.74) is 3.37. The Bertz CT molecular complexity index is 985. The fourth-order valence-corrected chi connectivity index (χ4v) is 2.48. The molecule has 4 rings (SSSR count). The van der Waals surface area contributed by atoms with Gasteiger partial charge in [-0.05, 0) is 42.0 Å². The number of pyridine rings is 2. The quantitative estimate of drug-likeness (QED) is 0.565. The molecule has 0 unspecified atom stereocenters. The number of rotatable bonds is 4. The number of aromatic nitrogens is 4. The molecule has 0 fully saturated rings. The SMILES string of the molecule is COc1cc(-c2cccnc2)cc(-c2nc(-c3ccccn3)no2)c1. The zero-order chi connectivity index (χ0) is 17.1. The van der Waals surface area contributed by atoms with Crippen LogP contribution < -0.4 is 4.74 Å². The van der Waals surface area contributed by atoms with E-state index in [2.05, 4.69) is 20.1 Å². The van der Waals surface area contributed by atoms with E-state index in [9.17, 15) is 0 Å². The third-order valence-corrected chi connectivity index (χ3v) is 3.70. The average molecular weight is 330 g/mol. The van der Waals surface area contributed by atoms with Gasteiger partial charge in [0.2, 0.25) is 5.82 Å². The molecule has 0 amide bonds. The summed E-state index contributed by atoms with van der Waals surface area (Å²) in [6, 6.07) is 15.2. The van der Waals surface area contributed by atoms with Crippen molar-refractivity contribution in [2.24, 2.45) is 0 Å². The first-order valence-corrected chi connectivity index (χ1v) is 7.68. The topological polar surface area (TPSA) is 73.9 Å². The lowest BCUT2D eigenvalue weighted by molar-refractivity contribution is 0.413. The Morgan fingerprint density at radius 2 is 1.84 bits per heavy atom. The fraction of sp³-hybridized carbons (Fsp3) is 0.0526. The first-order valence-electron chi connectivity index (χ1n) is 7.68. The number of hydrogen-bond donors (Lipinski definition) is 0. The minimum atomic E-state index is 0.407. The molecule has 0 radical (unpaired) electrons. The third-order valence-electron chi connectivity index (χ3n) is 3.70. The Hall–Kier alpha value is -3.54. The van der Waals surface area contributed by atoms with E-state index in [0.29, 0.717) is 23.2 Å². The molecule has 0 N–H and O–H groups in total. The van der Waals surface area contributed by atoms with Crippen molar-refractivity contribution in [3.63, 3.8) is 0 Å². The predicted molar refractivity (Wildman–Crippen MR) is 92.7 cm³/mol. The first-order chi connectivity index (χ1) is 12.3. The van der Waals surface area contributed by atoms with Crippen LogP contribution in [0.2, 0.25) is 0 Å². The van der Waals surface area contributed by atoms with Crippen molar-refractivity contribution in [1.82, 2.24) is 20.1 Å². The van der Waals surface area contributed by atoms with Gasteiger partial charge in [-0.25, -0.2) is 0 Å². The van der Waals surface area contributed by atoms with Crippen molar-refractivity contribution in [2.45, 2.75) is 0 Å². The van der Waals surface area contributed by atoms with E-state index in [1.165, 1.54) is 0 Å². The molecular weight excluding hydrogens is 316 g/mol. The average Bonchev–Trinajstić information content (AvgIpc) is 3.19. The molecule has 6 heteroatoms. The predicted octanol–water partition coefficient (Wildman–Crippen LogP) is 3.87. The largest absolute Gasteiger partial charge is 0.497 e. The van der Waals surface area contributed by atoms with E-state index < -0.39 is 0 Å². The van der Waals surface area contributed by atoms with Crippen LogP contribution in [0.5, 0.6) is 5.75 Å². The lowest BCUT2D eigenvalue weighted by atomic mass is 10.0. The Morgan fingerprint density at radius 3 is 2.60 bits per heavy atom. The summed E-state index contributed by atoms with van der Waals surface area (Å²) in [5.74, 6) is 1.56. The molecule has 3 aromatic heterocycles. The molecule has 1 aromatic carbocycles. The van der Waals surface area contributed by atoms with Gasteiger partial charge in [-0.15, -0.1) is 0 Å². The Morgan fingerprint density at radius 1 is 0.920 bits per heavy atom. The minimum absolute atomic E-state index is 0.407. The lowest BCUT2D eigenvalue weighted by Gasteiger charge is -2.07. The molecule has 0 aliphatic heterocycles. The minimum Gasteiger partial charge on any atom is -0.497 e. The van der Waals surface area contributed by atoms with Crippen molar-refractivity contribution in [1.29, 1.82) is 0 Å². The zero-order valence-corrected chi connectivity index (χ0v) is 13.5. The van der Waals surface area contributed by atoms with E-state index in [4.69, 9.17) is 9.26 Å². The molecule has 122 valence electrons. The van der Waals surface area contributed by atoms with Crippen LogP contribution in [0.15, 0.2) is 71.6 Å². The van der Waals surface area contributed by atoms with Crippen LogP contribution in [0.3, 0.4) is 0 Å². The third kappa shape index (κ3) is 3.10. The molecule has 0 atom stereocenters. The monoisotopic (exact) mass is 330 g/mol. The Balaban J connectivity index is 1.77. The number of nitrogens with zero attached hydrogens (tertiary/aromatic N) is 4. The van der Waals surface area contributed by atoms with Gasteiger partial charge in [-0.1, -0.05) is 17.3 Å². The van der Waals surface area contributed by atoms with Crippen LogP contribution in [0.25, 0.3) is 34.1 Å². The van der Waals surface area contributed by atoms with Crippen LogP contribution >= 0.6 is 0 Å². The molecular formula is C19H14N4O2. The fourth-order valence-electron chi connectivity index (χ4n) is 2.48. The maximum atomic E-state index is 5.42. The highest BCUT2D eigenvalue weighted by molar-refractivity contribution is 5.72. The van der Waals surface area contributed by atoms with Crippen LogP contribution in [0, 0.1) is 0 Å². The smallest absolute Gasteiger partial charge is 0.258 e. The van der Waals surface area contributed by atoms with Crippen molar-refractivity contribution in [3.8, 4) is 39.8 Å². The molecule has 0 aliphatic rings. The highest BCUT2D eigenvalue weighted by Gasteiger charge is 2.14. The molecule has 0 spiro atoms. The van der Waals surface area contributed by atoms with E-state index in [0.717, 1.165) is 16.7 Å². The molecule has 3 heterocycles. The van der Waals surface area contributed by atoms with Gasteiger partial charge in [0.05, 0.1) is 7.11 Å². The standard InChI is InChI=1S/C19H14N4O2/c1-24-16-10-14(13-5-4-7-20-12-13)9-15(11-16)19-22-18(23-25-19)17-6-2-3-8-21-17/h2-12H,1H3. The summed E-state index contributed by atoms with van der Waals surface area (Å²) in [6.07, 6.45) is 5.23. The lowest BCUT2D eigenvalue weighted by Crippen LogP contribution is -1.88. The van der Waals surface area contributed by atoms with E-state index in [1.54, 1.807) is 25.7 Å². The number of ether oxygens (including phenoxy) is 1. The Kier molecular flexibility index (Phi) is 3.92. The maximum Gasteiger partial charge on any atom is 0.258 e. The van der Waals surface area contributed by atoms with E-state index in [-0.39, 0.29) is 0 Å². The van der Waals surface area contributed by atoms with Gasteiger partial charge in [0.15, 0.2) is 0 Å². The van der Waals surface area contributed by atoms with Crippen LogP contribution in [0.1, 0.15) is 0 Å². The summed E-state index contributed by atoms with van der Waals surface area (Å²) in [7, 11) is 1.62. The van der Waals surface area contributed by atoms with Crippen molar-refractivity contribution >= 4 is 0 Å². The van der Waals surface area contributed by atoms with Crippen molar-refractivity contribution in [3.05, 3.63) is 67.1 Å². The van der Waals surface area contributed by atoms with Crippen LogP contribution in [-0.4, -0.2) is 27.2 Å². The van der Waals surface area contributed by atoms with Gasteiger partial charge in [-0.3, -0.25) is 9.97 Å². The summed E-state index contributed by atoms with van der Waals surface area (Å²) in [5, 5.41) is 4.02. The molecule has 0 saturated heterocycles. The second-order valence-corrected chi connectivity index (χ2v) is 5.33. The second kappa shape index (κ2) is 6.52.